The number of fused-ring (bicyclic) bond motifs is 1. The third kappa shape index (κ3) is 3.33. The van der Waals surface area contributed by atoms with Gasteiger partial charge in [0.05, 0.1) is 10.4 Å². The van der Waals surface area contributed by atoms with Gasteiger partial charge in [-0.25, -0.2) is 4.98 Å². The minimum atomic E-state index is 0.473. The predicted octanol–water partition coefficient (Wildman–Crippen LogP) is 6.77. The molecule has 4 rings (SSSR count). The van der Waals surface area contributed by atoms with Crippen LogP contribution < -0.4 is 4.74 Å². The monoisotopic (exact) mass is 386 g/mol. The Bertz CT molecular complexity index is 1060. The van der Waals surface area contributed by atoms with Crippen LogP contribution in [-0.4, -0.2) is 9.97 Å². The van der Waals surface area contributed by atoms with E-state index in [2.05, 4.69) is 22.1 Å². The normalized spacial score (nSPS) is 11.0. The van der Waals surface area contributed by atoms with Gasteiger partial charge in [0.25, 0.3) is 0 Å². The molecule has 0 radical (unpaired) electrons. The SMILES string of the molecule is Cc1nc(Oc2cc(Cl)ccc2Cl)c2cc(-c3ccccc3)sc2n1. The molecule has 0 fully saturated rings. The van der Waals surface area contributed by atoms with E-state index in [-0.39, 0.29) is 0 Å². The van der Waals surface area contributed by atoms with Gasteiger partial charge >= 0.3 is 0 Å². The van der Waals surface area contributed by atoms with Crippen LogP contribution in [0.1, 0.15) is 5.82 Å². The van der Waals surface area contributed by atoms with Crippen molar-refractivity contribution in [1.29, 1.82) is 0 Å². The minimum Gasteiger partial charge on any atom is -0.437 e. The summed E-state index contributed by atoms with van der Waals surface area (Å²) in [4.78, 5) is 11.0. The molecule has 4 aromatic rings. The fourth-order valence-corrected chi connectivity index (χ4v) is 3.87. The van der Waals surface area contributed by atoms with Crippen LogP contribution in [0.25, 0.3) is 20.7 Å². The second kappa shape index (κ2) is 6.64. The summed E-state index contributed by atoms with van der Waals surface area (Å²) in [6, 6.07) is 17.3. The van der Waals surface area contributed by atoms with Gasteiger partial charge in [-0.3, -0.25) is 0 Å². The van der Waals surface area contributed by atoms with Gasteiger partial charge in [0, 0.05) is 16.0 Å². The Morgan fingerprint density at radius 1 is 0.960 bits per heavy atom. The third-order valence-corrected chi connectivity index (χ3v) is 5.25. The van der Waals surface area contributed by atoms with Crippen molar-refractivity contribution < 1.29 is 4.74 Å². The highest BCUT2D eigenvalue weighted by molar-refractivity contribution is 7.21. The number of thiophene rings is 1. The van der Waals surface area contributed by atoms with Crippen LogP contribution in [0.15, 0.2) is 54.6 Å². The van der Waals surface area contributed by atoms with Gasteiger partial charge in [-0.05, 0) is 30.7 Å². The Labute approximate surface area is 158 Å². The van der Waals surface area contributed by atoms with E-state index in [1.165, 1.54) is 0 Å². The Kier molecular flexibility index (Phi) is 4.34. The van der Waals surface area contributed by atoms with Crippen molar-refractivity contribution >= 4 is 44.8 Å². The molecule has 0 aliphatic heterocycles. The van der Waals surface area contributed by atoms with Crippen LogP contribution in [0.4, 0.5) is 0 Å². The highest BCUT2D eigenvalue weighted by Crippen LogP contribution is 2.39. The van der Waals surface area contributed by atoms with Crippen LogP contribution in [-0.2, 0) is 0 Å². The maximum absolute atomic E-state index is 6.21. The first-order valence-electron chi connectivity index (χ1n) is 7.56. The van der Waals surface area contributed by atoms with Crippen molar-refractivity contribution in [1.82, 2.24) is 9.97 Å². The van der Waals surface area contributed by atoms with E-state index in [4.69, 9.17) is 27.9 Å². The summed E-state index contributed by atoms with van der Waals surface area (Å²) in [6.07, 6.45) is 0. The maximum atomic E-state index is 6.21. The lowest BCUT2D eigenvalue weighted by Crippen LogP contribution is -1.94. The number of ether oxygens (including phenoxy) is 1. The van der Waals surface area contributed by atoms with E-state index in [9.17, 15) is 0 Å². The van der Waals surface area contributed by atoms with E-state index in [0.29, 0.717) is 27.5 Å². The molecule has 0 bridgehead atoms. The molecule has 2 aromatic heterocycles. The summed E-state index contributed by atoms with van der Waals surface area (Å²) in [7, 11) is 0. The molecule has 0 saturated carbocycles. The van der Waals surface area contributed by atoms with Crippen molar-refractivity contribution in [2.45, 2.75) is 6.92 Å². The average Bonchev–Trinajstić information content (AvgIpc) is 3.03. The summed E-state index contributed by atoms with van der Waals surface area (Å²) < 4.78 is 5.97. The Hall–Kier alpha value is -2.14. The summed E-state index contributed by atoms with van der Waals surface area (Å²) in [5.41, 5.74) is 1.13. The van der Waals surface area contributed by atoms with E-state index >= 15 is 0 Å². The van der Waals surface area contributed by atoms with Gasteiger partial charge in [-0.2, -0.15) is 4.98 Å². The highest BCUT2D eigenvalue weighted by Gasteiger charge is 2.14. The molecular formula is C19H12Cl2N2OS. The number of rotatable bonds is 3. The minimum absolute atomic E-state index is 0.473. The Morgan fingerprint density at radius 3 is 2.56 bits per heavy atom. The molecule has 25 heavy (non-hydrogen) atoms. The molecular weight excluding hydrogens is 375 g/mol. The van der Waals surface area contributed by atoms with E-state index < -0.39 is 0 Å². The van der Waals surface area contributed by atoms with Crippen LogP contribution >= 0.6 is 34.5 Å². The lowest BCUT2D eigenvalue weighted by molar-refractivity contribution is 0.467. The highest BCUT2D eigenvalue weighted by atomic mass is 35.5. The van der Waals surface area contributed by atoms with Gasteiger partial charge in [0.1, 0.15) is 16.4 Å². The zero-order valence-corrected chi connectivity index (χ0v) is 15.5. The fraction of sp³-hybridized carbons (Fsp3) is 0.0526. The number of halogens is 2. The Balaban J connectivity index is 1.83. The molecule has 2 heterocycles. The first-order chi connectivity index (χ1) is 12.1. The zero-order chi connectivity index (χ0) is 17.4. The molecule has 0 atom stereocenters. The quantitative estimate of drug-likeness (QED) is 0.389. The van der Waals surface area contributed by atoms with Crippen molar-refractivity contribution in [2.75, 3.05) is 0 Å². The smallest absolute Gasteiger partial charge is 0.231 e. The topological polar surface area (TPSA) is 35.0 Å². The summed E-state index contributed by atoms with van der Waals surface area (Å²) in [5, 5.41) is 1.88. The molecule has 124 valence electrons. The molecule has 0 aliphatic rings. The zero-order valence-electron chi connectivity index (χ0n) is 13.2. The van der Waals surface area contributed by atoms with Gasteiger partial charge in [0.15, 0.2) is 0 Å². The number of hydrogen-bond acceptors (Lipinski definition) is 4. The van der Waals surface area contributed by atoms with Gasteiger partial charge in [-0.15, -0.1) is 11.3 Å². The van der Waals surface area contributed by atoms with Crippen LogP contribution in [0.5, 0.6) is 11.6 Å². The summed E-state index contributed by atoms with van der Waals surface area (Å²) in [5.74, 6) is 1.59. The molecule has 3 nitrogen and oxygen atoms in total. The van der Waals surface area contributed by atoms with E-state index in [1.54, 1.807) is 29.5 Å². The molecule has 6 heteroatoms. The number of hydrogen-bond donors (Lipinski definition) is 0. The van der Waals surface area contributed by atoms with Crippen molar-refractivity contribution in [3.05, 3.63) is 70.5 Å². The second-order valence-corrected chi connectivity index (χ2v) is 7.32. The van der Waals surface area contributed by atoms with E-state index in [1.807, 2.05) is 31.2 Å². The summed E-state index contributed by atoms with van der Waals surface area (Å²) >= 11 is 13.9. The molecule has 0 amide bonds. The standard InChI is InChI=1S/C19H12Cl2N2OS/c1-11-22-18(24-16-9-13(20)7-8-15(16)21)14-10-17(25-19(14)23-11)12-5-3-2-4-6-12/h2-10H,1H3. The first-order valence-corrected chi connectivity index (χ1v) is 9.14. The molecule has 0 aliphatic carbocycles. The van der Waals surface area contributed by atoms with Crippen LogP contribution in [0.3, 0.4) is 0 Å². The lowest BCUT2D eigenvalue weighted by Gasteiger charge is -2.08. The number of aryl methyl sites for hydroxylation is 1. The van der Waals surface area contributed by atoms with Gasteiger partial charge in [-0.1, -0.05) is 53.5 Å². The van der Waals surface area contributed by atoms with E-state index in [0.717, 1.165) is 20.7 Å². The van der Waals surface area contributed by atoms with Crippen LogP contribution in [0.2, 0.25) is 10.0 Å². The van der Waals surface area contributed by atoms with Crippen molar-refractivity contribution in [3.63, 3.8) is 0 Å². The van der Waals surface area contributed by atoms with Gasteiger partial charge < -0.3 is 4.74 Å². The fourth-order valence-electron chi connectivity index (χ4n) is 2.48. The molecule has 2 aromatic carbocycles. The average molecular weight is 387 g/mol. The lowest BCUT2D eigenvalue weighted by atomic mass is 10.2. The number of nitrogens with zero attached hydrogens (tertiary/aromatic N) is 2. The van der Waals surface area contributed by atoms with Crippen molar-refractivity contribution in [2.24, 2.45) is 0 Å². The second-order valence-electron chi connectivity index (χ2n) is 5.45. The van der Waals surface area contributed by atoms with Gasteiger partial charge in [0.2, 0.25) is 5.88 Å². The molecule has 0 saturated heterocycles. The molecule has 0 unspecified atom stereocenters. The number of benzene rings is 2. The predicted molar refractivity (Wildman–Crippen MR) is 104 cm³/mol. The Morgan fingerprint density at radius 2 is 1.76 bits per heavy atom. The maximum Gasteiger partial charge on any atom is 0.231 e. The number of aromatic nitrogens is 2. The third-order valence-electron chi connectivity index (χ3n) is 3.63. The van der Waals surface area contributed by atoms with Crippen LogP contribution in [0, 0.1) is 6.92 Å². The van der Waals surface area contributed by atoms with Crippen molar-refractivity contribution in [3.8, 4) is 22.1 Å². The molecule has 0 spiro atoms. The molecule has 0 N–H and O–H groups in total. The first kappa shape index (κ1) is 16.3. The largest absolute Gasteiger partial charge is 0.437 e. The summed E-state index contributed by atoms with van der Waals surface area (Å²) in [6.45, 7) is 1.84.